The highest BCUT2D eigenvalue weighted by Gasteiger charge is 2.13. The van der Waals surface area contributed by atoms with Crippen molar-refractivity contribution >= 4 is 40.2 Å². The minimum atomic E-state index is -0.121. The maximum atomic E-state index is 6.55. The van der Waals surface area contributed by atoms with E-state index in [4.69, 9.17) is 16.3 Å². The molecule has 34 heavy (non-hydrogen) atoms. The summed E-state index contributed by atoms with van der Waals surface area (Å²) in [5, 5.41) is 11.0. The Morgan fingerprint density at radius 3 is 2.82 bits per heavy atom. The van der Waals surface area contributed by atoms with Gasteiger partial charge in [0.1, 0.15) is 23.3 Å². The fourth-order valence-electron chi connectivity index (χ4n) is 3.60. The first-order chi connectivity index (χ1) is 16.6. The summed E-state index contributed by atoms with van der Waals surface area (Å²) in [4.78, 5) is 18.3. The third kappa shape index (κ3) is 4.65. The Morgan fingerprint density at radius 1 is 1.12 bits per heavy atom. The summed E-state index contributed by atoms with van der Waals surface area (Å²) in [6, 6.07) is 17.5. The Kier molecular flexibility index (Phi) is 6.01. The maximum absolute atomic E-state index is 6.55. The van der Waals surface area contributed by atoms with E-state index >= 15 is 0 Å². The van der Waals surface area contributed by atoms with Crippen LogP contribution < -0.4 is 15.0 Å². The van der Waals surface area contributed by atoms with E-state index in [-0.39, 0.29) is 6.10 Å². The van der Waals surface area contributed by atoms with E-state index in [1.807, 2.05) is 61.3 Å². The second-order valence-electron chi connectivity index (χ2n) is 7.85. The van der Waals surface area contributed by atoms with Crippen molar-refractivity contribution in [2.24, 2.45) is 0 Å². The first kappa shape index (κ1) is 21.7. The molecule has 5 rings (SSSR count). The predicted molar refractivity (Wildman–Crippen MR) is 133 cm³/mol. The van der Waals surface area contributed by atoms with Gasteiger partial charge in [0.15, 0.2) is 0 Å². The van der Waals surface area contributed by atoms with Crippen LogP contribution in [-0.4, -0.2) is 37.2 Å². The quantitative estimate of drug-likeness (QED) is 0.282. The van der Waals surface area contributed by atoms with Crippen LogP contribution in [0.2, 0.25) is 5.02 Å². The SMILES string of the molecule is CC(Oc1cc(Nc2ccnc(N(C)Cc3ccc4[nH]cnc4c3Cl)n2)[nH]n1)c1ccccc1. The largest absolute Gasteiger partial charge is 0.469 e. The van der Waals surface area contributed by atoms with E-state index in [9.17, 15) is 0 Å². The molecule has 9 nitrogen and oxygen atoms in total. The van der Waals surface area contributed by atoms with Gasteiger partial charge in [0.05, 0.1) is 16.9 Å². The Balaban J connectivity index is 1.25. The van der Waals surface area contributed by atoms with Crippen LogP contribution >= 0.6 is 11.6 Å². The molecule has 3 heterocycles. The van der Waals surface area contributed by atoms with Crippen molar-refractivity contribution in [3.63, 3.8) is 0 Å². The fraction of sp³-hybridized carbons (Fsp3) is 0.167. The molecule has 0 bridgehead atoms. The monoisotopic (exact) mass is 474 g/mol. The molecule has 172 valence electrons. The Hall–Kier alpha value is -4.11. The molecule has 0 saturated carbocycles. The third-order valence-electron chi connectivity index (χ3n) is 5.39. The molecule has 1 unspecified atom stereocenters. The zero-order chi connectivity index (χ0) is 23.5. The molecular formula is C24H23ClN8O. The summed E-state index contributed by atoms with van der Waals surface area (Å²) in [5.74, 6) is 2.33. The van der Waals surface area contributed by atoms with Crippen LogP contribution in [-0.2, 0) is 6.54 Å². The number of aromatic nitrogens is 6. The van der Waals surface area contributed by atoms with Crippen molar-refractivity contribution in [3.8, 4) is 5.88 Å². The molecule has 2 aromatic carbocycles. The smallest absolute Gasteiger partial charge is 0.235 e. The van der Waals surface area contributed by atoms with Crippen LogP contribution in [0.3, 0.4) is 0 Å². The molecule has 1 atom stereocenters. The number of aromatic amines is 2. The van der Waals surface area contributed by atoms with Crippen LogP contribution in [0.5, 0.6) is 5.88 Å². The first-order valence-electron chi connectivity index (χ1n) is 10.8. The van der Waals surface area contributed by atoms with E-state index in [0.29, 0.717) is 35.0 Å². The third-order valence-corrected chi connectivity index (χ3v) is 5.81. The van der Waals surface area contributed by atoms with Gasteiger partial charge in [0.2, 0.25) is 11.8 Å². The standard InChI is InChI=1S/C24H23ClN8O/c1-15(16-6-4-3-5-7-16)34-21-12-20(31-32-21)29-19-10-11-26-24(30-19)33(2)13-17-8-9-18-23(22(17)25)28-14-27-18/h3-12,14-15H,13H2,1-2H3,(H,27,28)(H2,26,29,30,31,32). The molecule has 0 radical (unpaired) electrons. The molecule has 10 heteroatoms. The predicted octanol–water partition coefficient (Wildman–Crippen LogP) is 5.25. The van der Waals surface area contributed by atoms with E-state index in [2.05, 4.69) is 35.5 Å². The highest BCUT2D eigenvalue weighted by molar-refractivity contribution is 6.35. The summed E-state index contributed by atoms with van der Waals surface area (Å²) in [5.41, 5.74) is 3.67. The highest BCUT2D eigenvalue weighted by Crippen LogP contribution is 2.27. The van der Waals surface area contributed by atoms with Gasteiger partial charge in [0.25, 0.3) is 0 Å². The average molecular weight is 475 g/mol. The van der Waals surface area contributed by atoms with Crippen molar-refractivity contribution in [2.75, 3.05) is 17.3 Å². The van der Waals surface area contributed by atoms with Crippen molar-refractivity contribution in [1.82, 2.24) is 30.1 Å². The minimum Gasteiger partial charge on any atom is -0.469 e. The number of H-pyrrole nitrogens is 2. The zero-order valence-electron chi connectivity index (χ0n) is 18.7. The van der Waals surface area contributed by atoms with Crippen molar-refractivity contribution < 1.29 is 4.74 Å². The number of nitrogens with zero attached hydrogens (tertiary/aromatic N) is 5. The van der Waals surface area contributed by atoms with Gasteiger partial charge < -0.3 is 19.9 Å². The molecule has 0 amide bonds. The molecule has 0 aliphatic rings. The first-order valence-corrected chi connectivity index (χ1v) is 11.1. The van der Waals surface area contributed by atoms with Crippen LogP contribution in [0.15, 0.2) is 67.1 Å². The van der Waals surface area contributed by atoms with Gasteiger partial charge in [-0.1, -0.05) is 48.0 Å². The number of fused-ring (bicyclic) bond motifs is 1. The van der Waals surface area contributed by atoms with Gasteiger partial charge in [-0.3, -0.25) is 5.10 Å². The lowest BCUT2D eigenvalue weighted by Gasteiger charge is -2.18. The normalized spacial score (nSPS) is 12.0. The summed E-state index contributed by atoms with van der Waals surface area (Å²) in [6.45, 7) is 2.52. The number of benzene rings is 2. The lowest BCUT2D eigenvalue weighted by molar-refractivity contribution is 0.217. The van der Waals surface area contributed by atoms with Crippen molar-refractivity contribution in [3.05, 3.63) is 83.3 Å². The molecular weight excluding hydrogens is 452 g/mol. The molecule has 3 aromatic heterocycles. The zero-order valence-corrected chi connectivity index (χ0v) is 19.4. The van der Waals surface area contributed by atoms with Crippen LogP contribution in [0.4, 0.5) is 17.6 Å². The Labute approximate surface area is 201 Å². The van der Waals surface area contributed by atoms with Crippen molar-refractivity contribution in [1.29, 1.82) is 0 Å². The number of nitrogens with one attached hydrogen (secondary N) is 3. The van der Waals surface area contributed by atoms with Crippen LogP contribution in [0, 0.1) is 0 Å². The van der Waals surface area contributed by atoms with E-state index in [1.54, 1.807) is 24.7 Å². The van der Waals surface area contributed by atoms with Gasteiger partial charge in [-0.25, -0.2) is 9.97 Å². The number of hydrogen-bond acceptors (Lipinski definition) is 7. The molecule has 3 N–H and O–H groups in total. The van der Waals surface area contributed by atoms with Crippen LogP contribution in [0.25, 0.3) is 11.0 Å². The minimum absolute atomic E-state index is 0.121. The van der Waals surface area contributed by atoms with Crippen molar-refractivity contribution in [2.45, 2.75) is 19.6 Å². The van der Waals surface area contributed by atoms with Gasteiger partial charge in [-0.2, -0.15) is 4.98 Å². The summed E-state index contributed by atoms with van der Waals surface area (Å²) in [6.07, 6.45) is 3.21. The van der Waals surface area contributed by atoms with Gasteiger partial charge in [0, 0.05) is 25.9 Å². The Bertz CT molecular complexity index is 1400. The summed E-state index contributed by atoms with van der Waals surface area (Å²) in [7, 11) is 1.91. The molecule has 0 fully saturated rings. The number of hydrogen-bond donors (Lipinski definition) is 3. The second kappa shape index (κ2) is 9.40. The average Bonchev–Trinajstić information content (AvgIpc) is 3.51. The number of imidazole rings is 1. The van der Waals surface area contributed by atoms with Crippen LogP contribution in [0.1, 0.15) is 24.2 Å². The second-order valence-corrected chi connectivity index (χ2v) is 8.23. The summed E-state index contributed by atoms with van der Waals surface area (Å²) >= 11 is 6.55. The maximum Gasteiger partial charge on any atom is 0.235 e. The van der Waals surface area contributed by atoms with E-state index < -0.39 is 0 Å². The molecule has 0 aliphatic carbocycles. The highest BCUT2D eigenvalue weighted by atomic mass is 35.5. The molecule has 5 aromatic rings. The molecule has 0 saturated heterocycles. The van der Waals surface area contributed by atoms with E-state index in [0.717, 1.165) is 22.2 Å². The Morgan fingerprint density at radius 2 is 1.97 bits per heavy atom. The number of anilines is 3. The van der Waals surface area contributed by atoms with Gasteiger partial charge in [-0.05, 0) is 30.2 Å². The lowest BCUT2D eigenvalue weighted by Crippen LogP contribution is -2.19. The van der Waals surface area contributed by atoms with E-state index in [1.165, 1.54) is 0 Å². The lowest BCUT2D eigenvalue weighted by atomic mass is 10.1. The van der Waals surface area contributed by atoms with Gasteiger partial charge in [-0.15, -0.1) is 5.10 Å². The number of ether oxygens (including phenoxy) is 1. The number of rotatable bonds is 8. The van der Waals surface area contributed by atoms with Gasteiger partial charge >= 0.3 is 0 Å². The molecule has 0 spiro atoms. The summed E-state index contributed by atoms with van der Waals surface area (Å²) < 4.78 is 5.94. The fourth-order valence-corrected chi connectivity index (χ4v) is 3.88. The number of halogens is 1. The molecule has 0 aliphatic heterocycles. The topological polar surface area (TPSA) is 108 Å².